The summed E-state index contributed by atoms with van der Waals surface area (Å²) < 4.78 is 19.8. The van der Waals surface area contributed by atoms with E-state index in [-0.39, 0.29) is 12.2 Å². The van der Waals surface area contributed by atoms with Gasteiger partial charge in [-0.1, -0.05) is 46.3 Å². The fraction of sp³-hybridized carbons (Fsp3) is 0.176. The number of halogens is 2. The second-order valence-corrected chi connectivity index (χ2v) is 6.06. The maximum atomic E-state index is 13.9. The molecule has 1 radical (unpaired) electrons. The molecule has 0 aliphatic carbocycles. The molecule has 0 bridgehead atoms. The number of carbonyl (C=O) groups is 1. The van der Waals surface area contributed by atoms with Crippen molar-refractivity contribution in [2.45, 2.75) is 19.1 Å². The third kappa shape index (κ3) is 4.31. The van der Waals surface area contributed by atoms with E-state index in [9.17, 15) is 9.18 Å². The van der Waals surface area contributed by atoms with Crippen LogP contribution in [-0.2, 0) is 16.9 Å². The first kappa shape index (κ1) is 16.5. The molecule has 0 aliphatic rings. The normalized spacial score (nSPS) is 11.1. The molecular formula is C17H16BrFNO2. The summed E-state index contributed by atoms with van der Waals surface area (Å²) in [5.41, 5.74) is 0.0114. The highest BCUT2D eigenvalue weighted by Crippen LogP contribution is 2.26. The highest BCUT2D eigenvalue weighted by Gasteiger charge is 2.27. The number of carbonyl (C=O) groups excluding carboxylic acids is 1. The number of ether oxygens (including phenoxy) is 1. The van der Waals surface area contributed by atoms with Crippen LogP contribution in [0.25, 0.3) is 0 Å². The van der Waals surface area contributed by atoms with E-state index in [0.29, 0.717) is 4.47 Å². The molecule has 0 saturated heterocycles. The number of hydrogen-bond donors (Lipinski definition) is 1. The van der Waals surface area contributed by atoms with E-state index in [1.807, 2.05) is 30.3 Å². The summed E-state index contributed by atoms with van der Waals surface area (Å²) in [4.78, 5) is 11.9. The Labute approximate surface area is 137 Å². The number of nitrogens with one attached hydrogen (secondary N) is 1. The molecule has 0 heterocycles. The van der Waals surface area contributed by atoms with E-state index < -0.39 is 17.4 Å². The lowest BCUT2D eigenvalue weighted by molar-refractivity contribution is 0.131. The maximum Gasteiger partial charge on any atom is 0.408 e. The molecule has 22 heavy (non-hydrogen) atoms. The van der Waals surface area contributed by atoms with Gasteiger partial charge in [0.15, 0.2) is 0 Å². The molecule has 1 N–H and O–H groups in total. The van der Waals surface area contributed by atoms with Gasteiger partial charge in [0.05, 0.1) is 5.54 Å². The van der Waals surface area contributed by atoms with Gasteiger partial charge in [0.25, 0.3) is 0 Å². The molecule has 1 atom stereocenters. The lowest BCUT2D eigenvalue weighted by atomic mass is 9.94. The van der Waals surface area contributed by atoms with Gasteiger partial charge in [-0.05, 0) is 37.6 Å². The van der Waals surface area contributed by atoms with Crippen molar-refractivity contribution in [3.8, 4) is 0 Å². The van der Waals surface area contributed by atoms with E-state index in [1.54, 1.807) is 19.1 Å². The Morgan fingerprint density at radius 3 is 2.68 bits per heavy atom. The monoisotopic (exact) mass is 364 g/mol. The number of alkyl carbamates (subject to hydrolysis) is 1. The molecule has 0 aromatic heterocycles. The molecule has 0 spiro atoms. The number of hydrogen-bond acceptors (Lipinski definition) is 2. The van der Waals surface area contributed by atoms with E-state index in [0.717, 1.165) is 5.56 Å². The summed E-state index contributed by atoms with van der Waals surface area (Å²) in [5, 5.41) is 2.58. The van der Waals surface area contributed by atoms with Crippen LogP contribution in [0.5, 0.6) is 0 Å². The molecule has 1 amide bonds. The van der Waals surface area contributed by atoms with E-state index in [2.05, 4.69) is 28.2 Å². The molecule has 3 nitrogen and oxygen atoms in total. The second kappa shape index (κ2) is 6.92. The Kier molecular flexibility index (Phi) is 5.19. The van der Waals surface area contributed by atoms with Gasteiger partial charge in [0.1, 0.15) is 12.4 Å². The smallest absolute Gasteiger partial charge is 0.408 e. The van der Waals surface area contributed by atoms with E-state index in [1.165, 1.54) is 6.07 Å². The Morgan fingerprint density at radius 1 is 1.32 bits per heavy atom. The van der Waals surface area contributed by atoms with Crippen molar-refractivity contribution in [2.24, 2.45) is 0 Å². The summed E-state index contributed by atoms with van der Waals surface area (Å²) in [7, 11) is 0. The summed E-state index contributed by atoms with van der Waals surface area (Å²) in [6, 6.07) is 13.8. The van der Waals surface area contributed by atoms with Gasteiger partial charge in [0.2, 0.25) is 0 Å². The molecule has 0 unspecified atom stereocenters. The van der Waals surface area contributed by atoms with Crippen LogP contribution < -0.4 is 5.32 Å². The van der Waals surface area contributed by atoms with Crippen LogP contribution in [-0.4, -0.2) is 6.09 Å². The van der Waals surface area contributed by atoms with Crippen LogP contribution in [0.3, 0.4) is 0 Å². The topological polar surface area (TPSA) is 38.3 Å². The average molecular weight is 365 g/mol. The second-order valence-electron chi connectivity index (χ2n) is 5.14. The Morgan fingerprint density at radius 2 is 2.00 bits per heavy atom. The minimum absolute atomic E-state index is 0.143. The lowest BCUT2D eigenvalue weighted by Gasteiger charge is -2.26. The molecule has 5 heteroatoms. The first-order valence-corrected chi connectivity index (χ1v) is 7.47. The standard InChI is InChI=1S/C17H16BrFNO2/c1-17(2,14-10-13(18)8-9-15(14)19)20-16(21)22-11-12-6-4-3-5-7-12/h3-10H,1,11H2,2H3,(H,20,21)/t17-/m1/s1. The SMILES string of the molecule is [CH2][C@](C)(NC(=O)OCc1ccccc1)c1cc(Br)ccc1F. The molecule has 2 aromatic carbocycles. The minimum Gasteiger partial charge on any atom is -0.445 e. The number of amides is 1. The molecule has 2 rings (SSSR count). The summed E-state index contributed by atoms with van der Waals surface area (Å²) in [5.74, 6) is -0.441. The van der Waals surface area contributed by atoms with Crippen LogP contribution in [0.4, 0.5) is 9.18 Å². The zero-order chi connectivity index (χ0) is 16.2. The zero-order valence-electron chi connectivity index (χ0n) is 12.1. The van der Waals surface area contributed by atoms with Crippen molar-refractivity contribution in [3.63, 3.8) is 0 Å². The van der Waals surface area contributed by atoms with E-state index in [4.69, 9.17) is 4.74 Å². The molecule has 115 valence electrons. The molecule has 0 aliphatic heterocycles. The van der Waals surface area contributed by atoms with Crippen LogP contribution in [0.1, 0.15) is 18.1 Å². The average Bonchev–Trinajstić information content (AvgIpc) is 2.48. The third-order valence-electron chi connectivity index (χ3n) is 3.11. The summed E-state index contributed by atoms with van der Waals surface area (Å²) in [6.07, 6.45) is -0.652. The molecule has 0 fully saturated rings. The van der Waals surface area contributed by atoms with Crippen molar-refractivity contribution in [1.82, 2.24) is 5.32 Å². The first-order chi connectivity index (χ1) is 10.4. The molecule has 2 aromatic rings. The van der Waals surface area contributed by atoms with Gasteiger partial charge in [-0.3, -0.25) is 0 Å². The summed E-state index contributed by atoms with van der Waals surface area (Å²) >= 11 is 3.28. The van der Waals surface area contributed by atoms with Gasteiger partial charge >= 0.3 is 6.09 Å². The predicted octanol–water partition coefficient (Wildman–Crippen LogP) is 4.56. The van der Waals surface area contributed by atoms with Crippen LogP contribution in [0, 0.1) is 12.7 Å². The minimum atomic E-state index is -1.14. The van der Waals surface area contributed by atoms with E-state index >= 15 is 0 Å². The number of benzene rings is 2. The highest BCUT2D eigenvalue weighted by molar-refractivity contribution is 9.10. The van der Waals surface area contributed by atoms with Crippen molar-refractivity contribution >= 4 is 22.0 Å². The van der Waals surface area contributed by atoms with Crippen LogP contribution in [0.2, 0.25) is 0 Å². The highest BCUT2D eigenvalue weighted by atomic mass is 79.9. The lowest BCUT2D eigenvalue weighted by Crippen LogP contribution is -2.42. The third-order valence-corrected chi connectivity index (χ3v) is 3.61. The van der Waals surface area contributed by atoms with Gasteiger partial charge in [0, 0.05) is 10.0 Å². The van der Waals surface area contributed by atoms with Gasteiger partial charge in [-0.25, -0.2) is 9.18 Å². The fourth-order valence-corrected chi connectivity index (χ4v) is 2.33. The summed E-state index contributed by atoms with van der Waals surface area (Å²) in [6.45, 7) is 5.62. The molecule has 0 saturated carbocycles. The van der Waals surface area contributed by atoms with Crippen LogP contribution >= 0.6 is 15.9 Å². The number of rotatable bonds is 4. The predicted molar refractivity (Wildman–Crippen MR) is 86.6 cm³/mol. The quantitative estimate of drug-likeness (QED) is 0.863. The largest absolute Gasteiger partial charge is 0.445 e. The van der Waals surface area contributed by atoms with Crippen molar-refractivity contribution in [3.05, 3.63) is 76.9 Å². The fourth-order valence-electron chi connectivity index (χ4n) is 1.97. The van der Waals surface area contributed by atoms with Gasteiger partial charge in [-0.15, -0.1) is 0 Å². The van der Waals surface area contributed by atoms with Gasteiger partial charge < -0.3 is 10.1 Å². The zero-order valence-corrected chi connectivity index (χ0v) is 13.7. The van der Waals surface area contributed by atoms with Gasteiger partial charge in [-0.2, -0.15) is 0 Å². The molecular weight excluding hydrogens is 349 g/mol. The van der Waals surface area contributed by atoms with Crippen molar-refractivity contribution < 1.29 is 13.9 Å². The van der Waals surface area contributed by atoms with Crippen molar-refractivity contribution in [2.75, 3.05) is 0 Å². The Hall–Kier alpha value is -1.88. The maximum absolute atomic E-state index is 13.9. The van der Waals surface area contributed by atoms with Crippen molar-refractivity contribution in [1.29, 1.82) is 0 Å². The Bertz CT molecular complexity index is 659. The first-order valence-electron chi connectivity index (χ1n) is 6.68. The Balaban J connectivity index is 2.01. The van der Waals surface area contributed by atoms with Crippen LogP contribution in [0.15, 0.2) is 53.0 Å².